The van der Waals surface area contributed by atoms with E-state index in [4.69, 9.17) is 5.69 Å². The van der Waals surface area contributed by atoms with Gasteiger partial charge in [-0.3, -0.25) is 4.99 Å². The molecule has 0 aromatic rings. The summed E-state index contributed by atoms with van der Waals surface area (Å²) >= 11 is 0. The Kier molecular flexibility index (Phi) is 5.92. The second-order valence-electron chi connectivity index (χ2n) is 6.75. The maximum absolute atomic E-state index is 12.0. The average Bonchev–Trinajstić information content (AvgIpc) is 2.47. The molecule has 0 aliphatic heterocycles. The minimum absolute atomic E-state index is 0.235. The van der Waals surface area contributed by atoms with Gasteiger partial charge in [-0.1, -0.05) is 31.9 Å². The lowest BCUT2D eigenvalue weighted by molar-refractivity contribution is 0.163. The van der Waals surface area contributed by atoms with Crippen LogP contribution in [0.25, 0.3) is 0 Å². The van der Waals surface area contributed by atoms with Crippen LogP contribution in [0.5, 0.6) is 0 Å². The molecule has 2 fully saturated rings. The van der Waals surface area contributed by atoms with E-state index in [1.165, 1.54) is 38.5 Å². The van der Waals surface area contributed by atoms with E-state index in [0.29, 0.717) is 17.9 Å². The van der Waals surface area contributed by atoms with Gasteiger partial charge in [-0.2, -0.15) is 0 Å². The summed E-state index contributed by atoms with van der Waals surface area (Å²) in [5.41, 5.74) is 5.82. The lowest BCUT2D eigenvalue weighted by Gasteiger charge is -2.40. The third-order valence-electron chi connectivity index (χ3n) is 5.55. The van der Waals surface area contributed by atoms with Crippen LogP contribution in [0.2, 0.25) is 0 Å². The van der Waals surface area contributed by atoms with Crippen LogP contribution in [-0.4, -0.2) is 22.2 Å². The molecule has 0 N–H and O–H groups in total. The zero-order valence-electron chi connectivity index (χ0n) is 12.8. The van der Waals surface area contributed by atoms with E-state index in [-0.39, 0.29) is 5.25 Å². The number of hydrogen-bond donors (Lipinski definition) is 0. The molecule has 2 aliphatic carbocycles. The molecule has 2 nitrogen and oxygen atoms in total. The summed E-state index contributed by atoms with van der Waals surface area (Å²) in [7, 11) is -1.15. The Labute approximate surface area is 126 Å². The van der Waals surface area contributed by atoms with E-state index >= 15 is 0 Å². The smallest absolute Gasteiger partial charge is 0.0588 e. The molecular weight excluding hydrogens is 266 g/mol. The highest BCUT2D eigenvalue weighted by atomic mass is 32.2. The van der Waals surface area contributed by atoms with Gasteiger partial charge in [0.15, 0.2) is 0 Å². The molecule has 2 aliphatic rings. The highest BCUT2D eigenvalue weighted by Crippen LogP contribution is 2.42. The summed E-state index contributed by atoms with van der Waals surface area (Å²) < 4.78 is 12.0. The molecule has 0 aromatic heterocycles. The van der Waals surface area contributed by atoms with Crippen molar-refractivity contribution in [1.82, 2.24) is 0 Å². The molecule has 20 heavy (non-hydrogen) atoms. The van der Waals surface area contributed by atoms with Crippen LogP contribution in [0.15, 0.2) is 4.99 Å². The largest absolute Gasteiger partial charge is 0.298 e. The van der Waals surface area contributed by atoms with Gasteiger partial charge in [0.25, 0.3) is 0 Å². The molecule has 3 unspecified atom stereocenters. The Bertz CT molecular complexity index is 433. The van der Waals surface area contributed by atoms with Crippen LogP contribution < -0.4 is 0 Å². The van der Waals surface area contributed by atoms with Gasteiger partial charge in [0.2, 0.25) is 0 Å². The quantitative estimate of drug-likeness (QED) is 0.716. The van der Waals surface area contributed by atoms with Gasteiger partial charge in [-0.15, -0.1) is 0 Å². The van der Waals surface area contributed by atoms with Crippen LogP contribution in [0.4, 0.5) is 0 Å². The van der Waals surface area contributed by atoms with Crippen molar-refractivity contribution < 1.29 is 4.21 Å². The van der Waals surface area contributed by atoms with Crippen LogP contribution in [0, 0.1) is 23.4 Å². The molecule has 0 saturated heterocycles. The Hall–Kier alpha value is -0.530. The van der Waals surface area contributed by atoms with E-state index in [1.54, 1.807) is 0 Å². The maximum atomic E-state index is 12.0. The average molecular weight is 295 g/mol. The second kappa shape index (κ2) is 7.47. The molecule has 0 bridgehead atoms. The molecule has 3 atom stereocenters. The van der Waals surface area contributed by atoms with E-state index in [1.807, 2.05) is 0 Å². The lowest BCUT2D eigenvalue weighted by Crippen LogP contribution is -2.37. The molecule has 0 heterocycles. The first-order valence-corrected chi connectivity index (χ1v) is 9.54. The summed E-state index contributed by atoms with van der Waals surface area (Å²) in [6, 6.07) is 0.463. The standard InChI is InChI=1S/C17H29NOS/c1-4-5-13-6-11-16(17(12-13)20(3)19)14-7-9-15(18-2)10-8-14/h3,13-17H,2,4-12H2,1H3. The first-order chi connectivity index (χ1) is 9.65. The van der Waals surface area contributed by atoms with Crippen molar-refractivity contribution >= 4 is 16.9 Å². The molecule has 0 aromatic carbocycles. The van der Waals surface area contributed by atoms with E-state index in [9.17, 15) is 4.21 Å². The van der Waals surface area contributed by atoms with Crippen molar-refractivity contribution in [1.29, 1.82) is 0 Å². The number of nitrogens with zero attached hydrogens (tertiary/aromatic N) is 1. The predicted octanol–water partition coefficient (Wildman–Crippen LogP) is 4.17. The van der Waals surface area contributed by atoms with Gasteiger partial charge >= 0.3 is 0 Å². The number of rotatable bonds is 4. The summed E-state index contributed by atoms with van der Waals surface area (Å²) in [5, 5.41) is 0.235. The van der Waals surface area contributed by atoms with Crippen LogP contribution >= 0.6 is 0 Å². The summed E-state index contributed by atoms with van der Waals surface area (Å²) in [6.45, 7) is 5.92. The fourth-order valence-corrected chi connectivity index (χ4v) is 5.59. The van der Waals surface area contributed by atoms with Crippen molar-refractivity contribution in [2.75, 3.05) is 0 Å². The molecule has 2 rings (SSSR count). The van der Waals surface area contributed by atoms with Gasteiger partial charge in [0, 0.05) is 16.2 Å². The Balaban J connectivity index is 1.98. The van der Waals surface area contributed by atoms with Crippen molar-refractivity contribution in [3.63, 3.8) is 0 Å². The first-order valence-electron chi connectivity index (χ1n) is 8.26. The van der Waals surface area contributed by atoms with Crippen LogP contribution in [-0.2, 0) is 10.2 Å². The topological polar surface area (TPSA) is 29.4 Å². The van der Waals surface area contributed by atoms with Gasteiger partial charge < -0.3 is 0 Å². The highest BCUT2D eigenvalue weighted by molar-refractivity contribution is 7.74. The van der Waals surface area contributed by atoms with E-state index in [0.717, 1.165) is 25.2 Å². The van der Waals surface area contributed by atoms with Gasteiger partial charge in [-0.25, -0.2) is 4.21 Å². The normalized spacial score (nSPS) is 38.3. The lowest BCUT2D eigenvalue weighted by atomic mass is 9.69. The fourth-order valence-electron chi connectivity index (χ4n) is 4.42. The maximum Gasteiger partial charge on any atom is 0.0588 e. The van der Waals surface area contributed by atoms with Crippen LogP contribution in [0.3, 0.4) is 0 Å². The van der Waals surface area contributed by atoms with Crippen molar-refractivity contribution in [3.8, 4) is 5.69 Å². The molecule has 0 radical (unpaired) electrons. The second-order valence-corrected chi connectivity index (χ2v) is 8.01. The third-order valence-corrected chi connectivity index (χ3v) is 6.69. The third kappa shape index (κ3) is 3.77. The van der Waals surface area contributed by atoms with Crippen LogP contribution in [0.1, 0.15) is 64.7 Å². The van der Waals surface area contributed by atoms with Gasteiger partial charge in [0.1, 0.15) is 0 Å². The first kappa shape index (κ1) is 15.9. The van der Waals surface area contributed by atoms with Crippen molar-refractivity contribution in [2.24, 2.45) is 22.7 Å². The van der Waals surface area contributed by atoms with Gasteiger partial charge in [-0.05, 0) is 63.0 Å². The Morgan fingerprint density at radius 1 is 1.20 bits per heavy atom. The van der Waals surface area contributed by atoms with Crippen molar-refractivity contribution in [3.05, 3.63) is 0 Å². The SMILES string of the molecule is C#S(=O)C1CC(CCC)CCC1C1CCC(N=C)CC1. The minimum atomic E-state index is -1.15. The Morgan fingerprint density at radius 2 is 1.90 bits per heavy atom. The minimum Gasteiger partial charge on any atom is -0.298 e. The van der Waals surface area contributed by atoms with E-state index in [2.05, 4.69) is 18.6 Å². The summed E-state index contributed by atoms with van der Waals surface area (Å²) in [6.07, 6.45) is 10.9. The molecular formula is C17H29NOS. The molecule has 114 valence electrons. The number of hydrogen-bond acceptors (Lipinski definition) is 2. The predicted molar refractivity (Wildman–Crippen MR) is 87.9 cm³/mol. The van der Waals surface area contributed by atoms with Gasteiger partial charge in [0.05, 0.1) is 5.25 Å². The molecule has 3 heteroatoms. The van der Waals surface area contributed by atoms with E-state index < -0.39 is 10.2 Å². The summed E-state index contributed by atoms with van der Waals surface area (Å²) in [4.78, 5) is 4.18. The fraction of sp³-hybridized carbons (Fsp3) is 0.882. The molecule has 0 spiro atoms. The zero-order chi connectivity index (χ0) is 14.5. The highest BCUT2D eigenvalue weighted by Gasteiger charge is 2.37. The zero-order valence-corrected chi connectivity index (χ0v) is 13.6. The monoisotopic (exact) mass is 295 g/mol. The number of aliphatic imine (C=N–C) groups is 1. The molecule has 2 saturated carbocycles. The summed E-state index contributed by atoms with van der Waals surface area (Å²) in [5.74, 6) is 2.05. The Morgan fingerprint density at radius 3 is 2.45 bits per heavy atom. The molecule has 0 amide bonds. The van der Waals surface area contributed by atoms with Crippen molar-refractivity contribution in [2.45, 2.75) is 76.0 Å².